The molecule has 1 N–H and O–H groups in total. The van der Waals surface area contributed by atoms with Gasteiger partial charge in [-0.3, -0.25) is 0 Å². The van der Waals surface area contributed by atoms with Crippen molar-refractivity contribution in [2.75, 3.05) is 0 Å². The van der Waals surface area contributed by atoms with Gasteiger partial charge in [0.2, 0.25) is 5.88 Å². The number of hydrogen-bond acceptors (Lipinski definition) is 3. The van der Waals surface area contributed by atoms with Gasteiger partial charge in [-0.05, 0) is 37.1 Å². The number of halogens is 1. The van der Waals surface area contributed by atoms with Crippen molar-refractivity contribution in [2.45, 2.75) is 20.5 Å². The molecule has 2 aromatic rings. The van der Waals surface area contributed by atoms with Crippen molar-refractivity contribution in [3.05, 3.63) is 53.0 Å². The number of hydrogen-bond donors (Lipinski definition) is 1. The van der Waals surface area contributed by atoms with Gasteiger partial charge in [0, 0.05) is 17.8 Å². The van der Waals surface area contributed by atoms with E-state index >= 15 is 0 Å². The largest absolute Gasteiger partial charge is 0.439 e. The zero-order valence-corrected chi connectivity index (χ0v) is 10.3. The second-order valence-corrected chi connectivity index (χ2v) is 4.14. The minimum absolute atomic E-state index is 0.0622. The van der Waals surface area contributed by atoms with Crippen molar-refractivity contribution in [1.82, 2.24) is 4.98 Å². The van der Waals surface area contributed by atoms with Crippen LogP contribution >= 0.6 is 0 Å². The predicted molar refractivity (Wildman–Crippen MR) is 66.1 cm³/mol. The molecule has 2 rings (SSSR count). The Balaban J connectivity index is 2.25. The van der Waals surface area contributed by atoms with Crippen molar-refractivity contribution < 1.29 is 14.2 Å². The minimum Gasteiger partial charge on any atom is -0.439 e. The molecule has 1 heterocycles. The van der Waals surface area contributed by atoms with Crippen LogP contribution in [-0.2, 0) is 6.61 Å². The fourth-order valence-electron chi connectivity index (χ4n) is 1.56. The zero-order valence-electron chi connectivity index (χ0n) is 10.3. The van der Waals surface area contributed by atoms with Crippen LogP contribution in [0.3, 0.4) is 0 Å². The van der Waals surface area contributed by atoms with E-state index < -0.39 is 0 Å². The summed E-state index contributed by atoms with van der Waals surface area (Å²) >= 11 is 0. The monoisotopic (exact) mass is 247 g/mol. The lowest BCUT2D eigenvalue weighted by atomic mass is 10.2. The normalized spacial score (nSPS) is 10.4. The summed E-state index contributed by atoms with van der Waals surface area (Å²) < 4.78 is 18.9. The van der Waals surface area contributed by atoms with Gasteiger partial charge in [0.15, 0.2) is 0 Å². The number of aryl methyl sites for hydroxylation is 2. The Bertz CT molecular complexity index is 570. The zero-order chi connectivity index (χ0) is 13.1. The maximum atomic E-state index is 13.4. The van der Waals surface area contributed by atoms with Gasteiger partial charge in [-0.1, -0.05) is 6.07 Å². The molecule has 0 bridgehead atoms. The molecule has 0 aliphatic carbocycles. The molecule has 1 aromatic carbocycles. The van der Waals surface area contributed by atoms with Crippen LogP contribution in [0.5, 0.6) is 11.6 Å². The van der Waals surface area contributed by atoms with Gasteiger partial charge >= 0.3 is 0 Å². The third kappa shape index (κ3) is 2.65. The van der Waals surface area contributed by atoms with E-state index in [2.05, 4.69) is 4.98 Å². The molecule has 0 aliphatic rings. The summed E-state index contributed by atoms with van der Waals surface area (Å²) in [6, 6.07) is 6.46. The first-order valence-electron chi connectivity index (χ1n) is 5.60. The molecule has 0 amide bonds. The number of ether oxygens (including phenoxy) is 1. The van der Waals surface area contributed by atoms with Crippen LogP contribution in [0.15, 0.2) is 30.5 Å². The molecule has 94 valence electrons. The fourth-order valence-corrected chi connectivity index (χ4v) is 1.56. The highest BCUT2D eigenvalue weighted by atomic mass is 19.1. The summed E-state index contributed by atoms with van der Waals surface area (Å²) in [6.45, 7) is 3.46. The lowest BCUT2D eigenvalue weighted by Crippen LogP contribution is -1.95. The second kappa shape index (κ2) is 5.14. The first-order valence-corrected chi connectivity index (χ1v) is 5.60. The third-order valence-corrected chi connectivity index (χ3v) is 2.63. The molecule has 0 atom stereocenters. The van der Waals surface area contributed by atoms with Crippen LogP contribution in [0, 0.1) is 19.7 Å². The first kappa shape index (κ1) is 12.5. The van der Waals surface area contributed by atoms with E-state index in [1.165, 1.54) is 12.3 Å². The van der Waals surface area contributed by atoms with Gasteiger partial charge in [0.1, 0.15) is 11.6 Å². The summed E-state index contributed by atoms with van der Waals surface area (Å²) in [6.07, 6.45) is 1.53. The quantitative estimate of drug-likeness (QED) is 0.906. The van der Waals surface area contributed by atoms with Gasteiger partial charge in [0.25, 0.3) is 0 Å². The standard InChI is InChI=1S/C14H14FNO2/c1-9-3-4-12(6-13(9)15)18-14-10(2)5-11(8-17)7-16-14/h3-7,17H,8H2,1-2H3. The van der Waals surface area contributed by atoms with E-state index in [0.29, 0.717) is 17.2 Å². The van der Waals surface area contributed by atoms with Crippen LogP contribution < -0.4 is 4.74 Å². The predicted octanol–water partition coefficient (Wildman–Crippen LogP) is 3.12. The molecule has 0 saturated heterocycles. The fraction of sp³-hybridized carbons (Fsp3) is 0.214. The van der Waals surface area contributed by atoms with Crippen LogP contribution in [-0.4, -0.2) is 10.1 Å². The molecular formula is C14H14FNO2. The lowest BCUT2D eigenvalue weighted by molar-refractivity contribution is 0.281. The molecular weight excluding hydrogens is 233 g/mol. The maximum absolute atomic E-state index is 13.4. The summed E-state index contributed by atoms with van der Waals surface area (Å²) in [5.41, 5.74) is 2.08. The van der Waals surface area contributed by atoms with Gasteiger partial charge in [-0.2, -0.15) is 0 Å². The summed E-state index contributed by atoms with van der Waals surface area (Å²) in [5, 5.41) is 8.98. The van der Waals surface area contributed by atoms with Crippen LogP contribution in [0.1, 0.15) is 16.7 Å². The molecule has 0 radical (unpaired) electrons. The Morgan fingerprint density at radius 1 is 1.22 bits per heavy atom. The molecule has 1 aromatic heterocycles. The van der Waals surface area contributed by atoms with Gasteiger partial charge in [-0.15, -0.1) is 0 Å². The molecule has 4 heteroatoms. The number of aliphatic hydroxyl groups excluding tert-OH is 1. The highest BCUT2D eigenvalue weighted by molar-refractivity contribution is 5.35. The van der Waals surface area contributed by atoms with E-state index in [-0.39, 0.29) is 12.4 Å². The van der Waals surface area contributed by atoms with Crippen molar-refractivity contribution in [3.63, 3.8) is 0 Å². The topological polar surface area (TPSA) is 42.4 Å². The number of aromatic nitrogens is 1. The number of pyridine rings is 1. The molecule has 3 nitrogen and oxygen atoms in total. The van der Waals surface area contributed by atoms with Crippen molar-refractivity contribution >= 4 is 0 Å². The van der Waals surface area contributed by atoms with Crippen molar-refractivity contribution in [3.8, 4) is 11.6 Å². The van der Waals surface area contributed by atoms with E-state index in [4.69, 9.17) is 9.84 Å². The van der Waals surface area contributed by atoms with E-state index in [1.807, 2.05) is 6.92 Å². The number of benzene rings is 1. The van der Waals surface area contributed by atoms with Crippen LogP contribution in [0.2, 0.25) is 0 Å². The SMILES string of the molecule is Cc1ccc(Oc2ncc(CO)cc2C)cc1F. The first-order chi connectivity index (χ1) is 8.60. The van der Waals surface area contributed by atoms with Crippen molar-refractivity contribution in [1.29, 1.82) is 0 Å². The Morgan fingerprint density at radius 3 is 2.61 bits per heavy atom. The highest BCUT2D eigenvalue weighted by Crippen LogP contribution is 2.24. The molecule has 0 unspecified atom stereocenters. The summed E-state index contributed by atoms with van der Waals surface area (Å²) in [5.74, 6) is 0.512. The molecule has 0 saturated carbocycles. The Kier molecular flexibility index (Phi) is 3.58. The number of rotatable bonds is 3. The third-order valence-electron chi connectivity index (χ3n) is 2.63. The smallest absolute Gasteiger partial charge is 0.222 e. The molecule has 0 spiro atoms. The molecule has 18 heavy (non-hydrogen) atoms. The van der Waals surface area contributed by atoms with Gasteiger partial charge < -0.3 is 9.84 Å². The Morgan fingerprint density at radius 2 is 2.00 bits per heavy atom. The molecule has 0 fully saturated rings. The Labute approximate surface area is 105 Å². The minimum atomic E-state index is -0.308. The van der Waals surface area contributed by atoms with E-state index in [0.717, 1.165) is 11.1 Å². The van der Waals surface area contributed by atoms with E-state index in [1.54, 1.807) is 25.1 Å². The summed E-state index contributed by atoms with van der Waals surface area (Å²) in [7, 11) is 0. The van der Waals surface area contributed by atoms with Gasteiger partial charge in [0.05, 0.1) is 6.61 Å². The highest BCUT2D eigenvalue weighted by Gasteiger charge is 2.06. The maximum Gasteiger partial charge on any atom is 0.222 e. The average molecular weight is 247 g/mol. The van der Waals surface area contributed by atoms with Crippen molar-refractivity contribution in [2.24, 2.45) is 0 Å². The molecule has 0 aliphatic heterocycles. The van der Waals surface area contributed by atoms with Crippen LogP contribution in [0.25, 0.3) is 0 Å². The van der Waals surface area contributed by atoms with Gasteiger partial charge in [-0.25, -0.2) is 9.37 Å². The second-order valence-electron chi connectivity index (χ2n) is 4.14. The Hall–Kier alpha value is -1.94. The lowest BCUT2D eigenvalue weighted by Gasteiger charge is -2.09. The summed E-state index contributed by atoms with van der Waals surface area (Å²) in [4.78, 5) is 4.09. The van der Waals surface area contributed by atoms with Crippen LogP contribution in [0.4, 0.5) is 4.39 Å². The number of nitrogens with zero attached hydrogens (tertiary/aromatic N) is 1. The number of aliphatic hydroxyl groups is 1. The van der Waals surface area contributed by atoms with E-state index in [9.17, 15) is 4.39 Å². The average Bonchev–Trinajstić information content (AvgIpc) is 2.36.